The molecular formula is C16H22N2O4. The molecule has 1 fully saturated rings. The summed E-state index contributed by atoms with van der Waals surface area (Å²) in [5.41, 5.74) is 1.30. The zero-order valence-electron chi connectivity index (χ0n) is 13.2. The Morgan fingerprint density at radius 1 is 1.18 bits per heavy atom. The molecule has 0 aliphatic carbocycles. The fourth-order valence-electron chi connectivity index (χ4n) is 2.57. The minimum atomic E-state index is -0.382. The maximum atomic E-state index is 12.2. The fraction of sp³-hybridized carbons (Fsp3) is 0.500. The second-order valence-corrected chi connectivity index (χ2v) is 5.51. The molecular weight excluding hydrogens is 284 g/mol. The zero-order valence-corrected chi connectivity index (χ0v) is 13.2. The molecule has 1 aliphatic rings. The molecule has 0 aromatic heterocycles. The molecule has 1 saturated heterocycles. The Kier molecular flexibility index (Phi) is 5.38. The van der Waals surface area contributed by atoms with Gasteiger partial charge < -0.3 is 19.7 Å². The Balaban J connectivity index is 1.92. The first-order valence-corrected chi connectivity index (χ1v) is 7.36. The monoisotopic (exact) mass is 306 g/mol. The highest BCUT2D eigenvalue weighted by Gasteiger charge is 2.29. The number of hydrogen-bond acceptors (Lipinski definition) is 5. The Morgan fingerprint density at radius 2 is 1.77 bits per heavy atom. The lowest BCUT2D eigenvalue weighted by Crippen LogP contribution is -2.57. The van der Waals surface area contributed by atoms with E-state index in [1.54, 1.807) is 29.2 Å². The van der Waals surface area contributed by atoms with Gasteiger partial charge in [-0.15, -0.1) is 0 Å². The zero-order chi connectivity index (χ0) is 16.1. The van der Waals surface area contributed by atoms with Gasteiger partial charge in [0.1, 0.15) is 6.61 Å². The van der Waals surface area contributed by atoms with Crippen molar-refractivity contribution in [3.05, 3.63) is 35.4 Å². The van der Waals surface area contributed by atoms with Crippen LogP contribution in [-0.4, -0.2) is 49.2 Å². The summed E-state index contributed by atoms with van der Waals surface area (Å²) in [5, 5.41) is 3.27. The van der Waals surface area contributed by atoms with E-state index in [-0.39, 0.29) is 30.8 Å². The largest absolute Gasteiger partial charge is 0.465 e. The molecule has 6 nitrogen and oxygen atoms in total. The highest BCUT2D eigenvalue weighted by molar-refractivity contribution is 5.89. The van der Waals surface area contributed by atoms with Crippen molar-refractivity contribution in [1.82, 2.24) is 10.2 Å². The predicted octanol–water partition coefficient (Wildman–Crippen LogP) is 1.79. The van der Waals surface area contributed by atoms with Gasteiger partial charge in [0, 0.05) is 25.2 Å². The minimum absolute atomic E-state index is 0.109. The lowest BCUT2D eigenvalue weighted by molar-refractivity contribution is 0.0559. The van der Waals surface area contributed by atoms with Crippen LogP contribution in [0.15, 0.2) is 24.3 Å². The summed E-state index contributed by atoms with van der Waals surface area (Å²) in [4.78, 5) is 25.3. The van der Waals surface area contributed by atoms with Gasteiger partial charge in [0.05, 0.1) is 12.7 Å². The van der Waals surface area contributed by atoms with Crippen LogP contribution in [0.5, 0.6) is 0 Å². The number of carbonyl (C=O) groups excluding carboxylic acids is 2. The van der Waals surface area contributed by atoms with Crippen molar-refractivity contribution in [3.8, 4) is 0 Å². The molecule has 0 unspecified atom stereocenters. The molecule has 2 rings (SSSR count). The standard InChI is InChI=1S/C16H22N2O4/c1-11-8-17-9-12(2)18(11)16(20)22-10-13-4-6-14(7-5-13)15(19)21-3/h4-7,11-12,17H,8-10H2,1-3H3/t11-,12+. The average molecular weight is 306 g/mol. The first-order chi connectivity index (χ1) is 10.5. The maximum Gasteiger partial charge on any atom is 0.410 e. The predicted molar refractivity (Wildman–Crippen MR) is 81.6 cm³/mol. The summed E-state index contributed by atoms with van der Waals surface area (Å²) in [7, 11) is 1.34. The third-order valence-electron chi connectivity index (χ3n) is 3.78. The van der Waals surface area contributed by atoms with Crippen LogP contribution in [0, 0.1) is 0 Å². The molecule has 1 aromatic carbocycles. The number of esters is 1. The van der Waals surface area contributed by atoms with Crippen LogP contribution >= 0.6 is 0 Å². The number of piperazine rings is 1. The lowest BCUT2D eigenvalue weighted by atomic mass is 10.1. The summed E-state index contributed by atoms with van der Waals surface area (Å²) >= 11 is 0. The van der Waals surface area contributed by atoms with Crippen molar-refractivity contribution >= 4 is 12.1 Å². The molecule has 1 N–H and O–H groups in total. The van der Waals surface area contributed by atoms with E-state index in [0.29, 0.717) is 5.56 Å². The molecule has 1 amide bonds. The second kappa shape index (κ2) is 7.26. The van der Waals surface area contributed by atoms with E-state index < -0.39 is 0 Å². The van der Waals surface area contributed by atoms with Crippen molar-refractivity contribution < 1.29 is 19.1 Å². The minimum Gasteiger partial charge on any atom is -0.465 e. The van der Waals surface area contributed by atoms with Crippen molar-refractivity contribution in [2.24, 2.45) is 0 Å². The number of ether oxygens (including phenoxy) is 2. The van der Waals surface area contributed by atoms with Gasteiger partial charge in [0.2, 0.25) is 0 Å². The van der Waals surface area contributed by atoms with Gasteiger partial charge in [-0.25, -0.2) is 9.59 Å². The van der Waals surface area contributed by atoms with E-state index in [4.69, 9.17) is 4.74 Å². The number of rotatable bonds is 3. The van der Waals surface area contributed by atoms with E-state index in [2.05, 4.69) is 10.1 Å². The Hall–Kier alpha value is -2.08. The smallest absolute Gasteiger partial charge is 0.410 e. The summed E-state index contributed by atoms with van der Waals surface area (Å²) in [6, 6.07) is 7.04. The number of nitrogens with one attached hydrogen (secondary N) is 1. The molecule has 6 heteroatoms. The molecule has 0 bridgehead atoms. The molecule has 22 heavy (non-hydrogen) atoms. The van der Waals surface area contributed by atoms with Crippen LogP contribution < -0.4 is 5.32 Å². The van der Waals surface area contributed by atoms with Crippen LogP contribution in [0.4, 0.5) is 4.79 Å². The molecule has 0 spiro atoms. The molecule has 120 valence electrons. The number of amides is 1. The van der Waals surface area contributed by atoms with Crippen molar-refractivity contribution in [2.45, 2.75) is 32.5 Å². The third kappa shape index (κ3) is 3.76. The normalized spacial score (nSPS) is 21.3. The third-order valence-corrected chi connectivity index (χ3v) is 3.78. The van der Waals surface area contributed by atoms with Gasteiger partial charge in [-0.05, 0) is 31.5 Å². The Labute approximate surface area is 130 Å². The average Bonchev–Trinajstić information content (AvgIpc) is 2.52. The van der Waals surface area contributed by atoms with Crippen LogP contribution in [0.2, 0.25) is 0 Å². The van der Waals surface area contributed by atoms with E-state index in [1.165, 1.54) is 7.11 Å². The van der Waals surface area contributed by atoms with Crippen LogP contribution in [0.3, 0.4) is 0 Å². The number of hydrogen-bond donors (Lipinski definition) is 1. The Morgan fingerprint density at radius 3 is 2.32 bits per heavy atom. The first-order valence-electron chi connectivity index (χ1n) is 7.36. The maximum absolute atomic E-state index is 12.2. The van der Waals surface area contributed by atoms with Gasteiger partial charge in [0.25, 0.3) is 0 Å². The van der Waals surface area contributed by atoms with Crippen molar-refractivity contribution in [1.29, 1.82) is 0 Å². The van der Waals surface area contributed by atoms with Gasteiger partial charge in [0.15, 0.2) is 0 Å². The Bertz CT molecular complexity index is 519. The SMILES string of the molecule is COC(=O)c1ccc(COC(=O)N2[C@H](C)CNC[C@@H]2C)cc1. The van der Waals surface area contributed by atoms with E-state index in [0.717, 1.165) is 18.7 Å². The summed E-state index contributed by atoms with van der Waals surface area (Å²) < 4.78 is 10.0. The van der Waals surface area contributed by atoms with Gasteiger partial charge >= 0.3 is 12.1 Å². The highest BCUT2D eigenvalue weighted by Crippen LogP contribution is 2.13. The van der Waals surface area contributed by atoms with Crippen molar-refractivity contribution in [3.63, 3.8) is 0 Å². The first kappa shape index (κ1) is 16.3. The highest BCUT2D eigenvalue weighted by atomic mass is 16.6. The molecule has 1 aromatic rings. The summed E-state index contributed by atoms with van der Waals surface area (Å²) in [6.45, 7) is 5.72. The number of methoxy groups -OCH3 is 1. The number of carbonyl (C=O) groups is 2. The van der Waals surface area contributed by atoms with E-state index >= 15 is 0 Å². The molecule has 1 aliphatic heterocycles. The van der Waals surface area contributed by atoms with Crippen LogP contribution in [-0.2, 0) is 16.1 Å². The molecule has 0 radical (unpaired) electrons. The summed E-state index contributed by atoms with van der Waals surface area (Å²) in [6.07, 6.45) is -0.307. The van der Waals surface area contributed by atoms with Crippen LogP contribution in [0.25, 0.3) is 0 Å². The second-order valence-electron chi connectivity index (χ2n) is 5.51. The quantitative estimate of drug-likeness (QED) is 0.862. The fourth-order valence-corrected chi connectivity index (χ4v) is 2.57. The number of benzene rings is 1. The number of nitrogens with zero attached hydrogens (tertiary/aromatic N) is 1. The van der Waals surface area contributed by atoms with Crippen molar-refractivity contribution in [2.75, 3.05) is 20.2 Å². The lowest BCUT2D eigenvalue weighted by Gasteiger charge is -2.38. The molecule has 1 heterocycles. The van der Waals surface area contributed by atoms with Gasteiger partial charge in [-0.3, -0.25) is 0 Å². The molecule has 0 saturated carbocycles. The van der Waals surface area contributed by atoms with Gasteiger partial charge in [-0.2, -0.15) is 0 Å². The topological polar surface area (TPSA) is 67.9 Å². The molecule has 2 atom stereocenters. The van der Waals surface area contributed by atoms with E-state index in [1.807, 2.05) is 13.8 Å². The van der Waals surface area contributed by atoms with E-state index in [9.17, 15) is 9.59 Å². The van der Waals surface area contributed by atoms with Gasteiger partial charge in [-0.1, -0.05) is 12.1 Å². The van der Waals surface area contributed by atoms with Crippen LogP contribution in [0.1, 0.15) is 29.8 Å². The summed E-state index contributed by atoms with van der Waals surface area (Å²) in [5.74, 6) is -0.382.